The van der Waals surface area contributed by atoms with Gasteiger partial charge in [0.15, 0.2) is 15.0 Å². The van der Waals surface area contributed by atoms with Gasteiger partial charge in [0, 0.05) is 42.5 Å². The Balaban J connectivity index is 1.51. The SMILES string of the molecule is CS(=O)(=O)c1cccc2sc(N3CCN(C(=O)c4ccc(Br)cc4)CC3)nc12. The second kappa shape index (κ2) is 7.46. The number of anilines is 1. The highest BCUT2D eigenvalue weighted by Crippen LogP contribution is 2.33. The highest BCUT2D eigenvalue weighted by atomic mass is 79.9. The first-order valence-electron chi connectivity index (χ1n) is 8.72. The van der Waals surface area contributed by atoms with Crippen molar-refractivity contribution in [2.45, 2.75) is 4.90 Å². The van der Waals surface area contributed by atoms with Crippen molar-refractivity contribution in [2.24, 2.45) is 0 Å². The van der Waals surface area contributed by atoms with Gasteiger partial charge < -0.3 is 9.80 Å². The molecule has 146 valence electrons. The number of hydrogen-bond donors (Lipinski definition) is 0. The predicted octanol–water partition coefficient (Wildman–Crippen LogP) is 3.42. The molecule has 28 heavy (non-hydrogen) atoms. The van der Waals surface area contributed by atoms with Crippen LogP contribution in [-0.4, -0.2) is 56.6 Å². The van der Waals surface area contributed by atoms with Gasteiger partial charge in [-0.15, -0.1) is 0 Å². The molecule has 3 aromatic rings. The summed E-state index contributed by atoms with van der Waals surface area (Å²) in [6, 6.07) is 12.6. The quantitative estimate of drug-likeness (QED) is 0.575. The molecule has 9 heteroatoms. The van der Waals surface area contributed by atoms with E-state index in [0.717, 1.165) is 14.3 Å². The van der Waals surface area contributed by atoms with E-state index >= 15 is 0 Å². The van der Waals surface area contributed by atoms with Gasteiger partial charge in [-0.2, -0.15) is 0 Å². The molecule has 1 aliphatic rings. The van der Waals surface area contributed by atoms with Gasteiger partial charge in [0.25, 0.3) is 5.91 Å². The van der Waals surface area contributed by atoms with Gasteiger partial charge in [-0.05, 0) is 36.4 Å². The normalized spacial score (nSPS) is 15.2. The fraction of sp³-hybridized carbons (Fsp3) is 0.263. The second-order valence-electron chi connectivity index (χ2n) is 6.66. The van der Waals surface area contributed by atoms with Crippen LogP contribution in [0.15, 0.2) is 51.8 Å². The summed E-state index contributed by atoms with van der Waals surface area (Å²) in [6.45, 7) is 2.53. The van der Waals surface area contributed by atoms with Crippen molar-refractivity contribution in [3.8, 4) is 0 Å². The van der Waals surface area contributed by atoms with Crippen LogP contribution >= 0.6 is 27.3 Å². The van der Waals surface area contributed by atoms with Crippen molar-refractivity contribution in [3.05, 3.63) is 52.5 Å². The smallest absolute Gasteiger partial charge is 0.253 e. The first-order valence-corrected chi connectivity index (χ1v) is 12.2. The molecule has 0 N–H and O–H groups in total. The average Bonchev–Trinajstić information content (AvgIpc) is 3.11. The number of sulfone groups is 1. The van der Waals surface area contributed by atoms with Crippen molar-refractivity contribution in [3.63, 3.8) is 0 Å². The number of hydrogen-bond acceptors (Lipinski definition) is 6. The number of halogens is 1. The van der Waals surface area contributed by atoms with E-state index < -0.39 is 9.84 Å². The van der Waals surface area contributed by atoms with Gasteiger partial charge in [-0.1, -0.05) is 33.3 Å². The van der Waals surface area contributed by atoms with Crippen LogP contribution in [0.2, 0.25) is 0 Å². The van der Waals surface area contributed by atoms with Crippen molar-refractivity contribution in [1.29, 1.82) is 0 Å². The van der Waals surface area contributed by atoms with Gasteiger partial charge in [-0.25, -0.2) is 13.4 Å². The van der Waals surface area contributed by atoms with E-state index in [-0.39, 0.29) is 10.8 Å². The molecule has 0 radical (unpaired) electrons. The van der Waals surface area contributed by atoms with Crippen molar-refractivity contribution < 1.29 is 13.2 Å². The summed E-state index contributed by atoms with van der Waals surface area (Å²) in [4.78, 5) is 21.5. The van der Waals surface area contributed by atoms with Crippen LogP contribution < -0.4 is 4.90 Å². The van der Waals surface area contributed by atoms with Gasteiger partial charge in [0.1, 0.15) is 5.52 Å². The first kappa shape index (κ1) is 19.4. The van der Waals surface area contributed by atoms with Gasteiger partial charge in [0.2, 0.25) is 0 Å². The average molecular weight is 480 g/mol. The van der Waals surface area contributed by atoms with Crippen LogP contribution in [-0.2, 0) is 9.84 Å². The maximum Gasteiger partial charge on any atom is 0.253 e. The summed E-state index contributed by atoms with van der Waals surface area (Å²) in [5.41, 5.74) is 1.20. The molecule has 2 aromatic carbocycles. The molecule has 2 heterocycles. The number of nitrogens with zero attached hydrogens (tertiary/aromatic N) is 3. The zero-order valence-corrected chi connectivity index (χ0v) is 18.3. The largest absolute Gasteiger partial charge is 0.345 e. The lowest BCUT2D eigenvalue weighted by Gasteiger charge is -2.34. The third kappa shape index (κ3) is 3.78. The Kier molecular flexibility index (Phi) is 5.15. The van der Waals surface area contributed by atoms with E-state index in [9.17, 15) is 13.2 Å². The number of piperazine rings is 1. The molecule has 1 saturated heterocycles. The maximum absolute atomic E-state index is 12.7. The van der Waals surface area contributed by atoms with Gasteiger partial charge in [-0.3, -0.25) is 4.79 Å². The third-order valence-electron chi connectivity index (χ3n) is 4.70. The van der Waals surface area contributed by atoms with Crippen LogP contribution in [0.3, 0.4) is 0 Å². The van der Waals surface area contributed by atoms with Gasteiger partial charge >= 0.3 is 0 Å². The number of benzene rings is 2. The third-order valence-corrected chi connectivity index (χ3v) is 7.44. The van der Waals surface area contributed by atoms with E-state index in [4.69, 9.17) is 0 Å². The van der Waals surface area contributed by atoms with E-state index in [0.29, 0.717) is 37.3 Å². The number of thiazole rings is 1. The first-order chi connectivity index (χ1) is 13.3. The number of para-hydroxylation sites is 1. The Bertz CT molecular complexity index is 1130. The number of carbonyl (C=O) groups is 1. The van der Waals surface area contributed by atoms with Crippen LogP contribution in [0.5, 0.6) is 0 Å². The zero-order valence-electron chi connectivity index (χ0n) is 15.1. The number of rotatable bonds is 3. The summed E-state index contributed by atoms with van der Waals surface area (Å²) in [5.74, 6) is 0.0239. The lowest BCUT2D eigenvalue weighted by molar-refractivity contribution is 0.0746. The predicted molar refractivity (Wildman–Crippen MR) is 115 cm³/mol. The monoisotopic (exact) mass is 479 g/mol. The van der Waals surface area contributed by atoms with Crippen LogP contribution in [0, 0.1) is 0 Å². The topological polar surface area (TPSA) is 70.6 Å². The van der Waals surface area contributed by atoms with Crippen molar-refractivity contribution in [1.82, 2.24) is 9.88 Å². The zero-order chi connectivity index (χ0) is 19.9. The highest BCUT2D eigenvalue weighted by Gasteiger charge is 2.25. The number of carbonyl (C=O) groups excluding carboxylic acids is 1. The molecule has 1 fully saturated rings. The van der Waals surface area contributed by atoms with E-state index in [1.165, 1.54) is 17.6 Å². The van der Waals surface area contributed by atoms with E-state index in [1.807, 2.05) is 35.2 Å². The molecule has 0 spiro atoms. The van der Waals surface area contributed by atoms with Gasteiger partial charge in [0.05, 0.1) is 9.60 Å². The minimum Gasteiger partial charge on any atom is -0.345 e. The summed E-state index contributed by atoms with van der Waals surface area (Å²) < 4.78 is 25.8. The molecule has 0 atom stereocenters. The molecule has 0 unspecified atom stereocenters. The Morgan fingerprint density at radius 3 is 2.39 bits per heavy atom. The van der Waals surface area contributed by atoms with Crippen molar-refractivity contribution in [2.75, 3.05) is 37.3 Å². The molecule has 6 nitrogen and oxygen atoms in total. The number of aromatic nitrogens is 1. The molecular formula is C19H18BrN3O3S2. The van der Waals surface area contributed by atoms with Crippen LogP contribution in [0.25, 0.3) is 10.2 Å². The molecular weight excluding hydrogens is 462 g/mol. The minimum absolute atomic E-state index is 0.0239. The fourth-order valence-electron chi connectivity index (χ4n) is 3.22. The Morgan fingerprint density at radius 1 is 1.07 bits per heavy atom. The molecule has 0 saturated carbocycles. The maximum atomic E-state index is 12.7. The Morgan fingerprint density at radius 2 is 1.75 bits per heavy atom. The fourth-order valence-corrected chi connectivity index (χ4v) is 5.43. The summed E-state index contributed by atoms with van der Waals surface area (Å²) >= 11 is 4.86. The second-order valence-corrected chi connectivity index (χ2v) is 10.6. The molecule has 1 amide bonds. The summed E-state index contributed by atoms with van der Waals surface area (Å²) in [5, 5.41) is 0.793. The molecule has 0 aliphatic carbocycles. The standard InChI is InChI=1S/C19H18BrN3O3S2/c1-28(25,26)16-4-2-3-15-17(16)21-19(27-15)23-11-9-22(10-12-23)18(24)13-5-7-14(20)8-6-13/h2-8H,9-12H2,1H3. The van der Waals surface area contributed by atoms with Crippen molar-refractivity contribution >= 4 is 58.4 Å². The lowest BCUT2D eigenvalue weighted by atomic mass is 10.2. The highest BCUT2D eigenvalue weighted by molar-refractivity contribution is 9.10. The molecule has 0 bridgehead atoms. The Labute approximate surface area is 175 Å². The molecule has 1 aliphatic heterocycles. The minimum atomic E-state index is -3.33. The Hall–Kier alpha value is -1.97. The summed E-state index contributed by atoms with van der Waals surface area (Å²) in [7, 11) is -3.33. The molecule has 1 aromatic heterocycles. The molecule has 4 rings (SSSR count). The van der Waals surface area contributed by atoms with E-state index in [2.05, 4.69) is 25.8 Å². The van der Waals surface area contributed by atoms with Crippen LogP contribution in [0.4, 0.5) is 5.13 Å². The number of amides is 1. The number of fused-ring (bicyclic) bond motifs is 1. The van der Waals surface area contributed by atoms with E-state index in [1.54, 1.807) is 12.1 Å². The summed E-state index contributed by atoms with van der Waals surface area (Å²) in [6.07, 6.45) is 1.20. The lowest BCUT2D eigenvalue weighted by Crippen LogP contribution is -2.48. The van der Waals surface area contributed by atoms with Crippen LogP contribution in [0.1, 0.15) is 10.4 Å².